The quantitative estimate of drug-likeness (QED) is 0.472. The maximum atomic E-state index is 13.1. The fraction of sp³-hybridized carbons (Fsp3) is 0.200. The Labute approximate surface area is 204 Å². The highest BCUT2D eigenvalue weighted by Crippen LogP contribution is 2.24. The molecule has 2 atom stereocenters. The van der Waals surface area contributed by atoms with Crippen LogP contribution in [-0.2, 0) is 14.8 Å². The highest BCUT2D eigenvalue weighted by Gasteiger charge is 2.30. The minimum absolute atomic E-state index is 0.248. The van der Waals surface area contributed by atoms with Crippen molar-refractivity contribution >= 4 is 44.8 Å². The van der Waals surface area contributed by atoms with E-state index >= 15 is 0 Å². The van der Waals surface area contributed by atoms with E-state index in [1.165, 1.54) is 19.1 Å². The Morgan fingerprint density at radius 3 is 2.09 bits per heavy atom. The molecule has 0 aliphatic heterocycles. The summed E-state index contributed by atoms with van der Waals surface area (Å²) in [5.74, 6) is -0.950. The molecule has 0 aromatic heterocycles. The molecule has 7 nitrogen and oxygen atoms in total. The molecular formula is C25H26ClN3O4S. The number of hydrogen-bond acceptors (Lipinski definition) is 4. The van der Waals surface area contributed by atoms with Gasteiger partial charge in [0.25, 0.3) is 5.91 Å². The zero-order valence-electron chi connectivity index (χ0n) is 19.0. The Morgan fingerprint density at radius 1 is 0.882 bits per heavy atom. The van der Waals surface area contributed by atoms with Gasteiger partial charge in [0, 0.05) is 5.02 Å². The number of rotatable bonds is 8. The van der Waals surface area contributed by atoms with Crippen molar-refractivity contribution in [2.24, 2.45) is 0 Å². The van der Waals surface area contributed by atoms with Crippen LogP contribution in [0.1, 0.15) is 35.8 Å². The van der Waals surface area contributed by atoms with E-state index < -0.39 is 22.0 Å². The number of carbonyl (C=O) groups excluding carboxylic acids is 2. The molecule has 3 aromatic carbocycles. The number of amides is 2. The van der Waals surface area contributed by atoms with Gasteiger partial charge in [-0.2, -0.15) is 0 Å². The standard InChI is InChI=1S/C25H26ClN3O4S/c1-17(19-9-5-4-6-10-19)27-25(31)22-11-7-8-12-23(22)28-24(30)18(2)29(34(3,32)33)21-15-13-20(26)14-16-21/h4-18H,1-3H3,(H,27,31)(H,28,30). The summed E-state index contributed by atoms with van der Waals surface area (Å²) in [5, 5.41) is 6.07. The summed E-state index contributed by atoms with van der Waals surface area (Å²) in [6, 6.07) is 20.9. The van der Waals surface area contributed by atoms with E-state index in [0.717, 1.165) is 16.1 Å². The van der Waals surface area contributed by atoms with Crippen LogP contribution in [0.15, 0.2) is 78.9 Å². The molecule has 34 heavy (non-hydrogen) atoms. The fourth-order valence-electron chi connectivity index (χ4n) is 3.52. The van der Waals surface area contributed by atoms with E-state index in [1.54, 1.807) is 36.4 Å². The minimum atomic E-state index is -3.79. The summed E-state index contributed by atoms with van der Waals surface area (Å²) in [6.45, 7) is 3.34. The molecule has 0 aliphatic rings. The Kier molecular flexibility index (Phi) is 7.96. The van der Waals surface area contributed by atoms with Crippen LogP contribution in [0.3, 0.4) is 0 Å². The molecule has 0 fully saturated rings. The Hall–Kier alpha value is -3.36. The third-order valence-electron chi connectivity index (χ3n) is 5.25. The average molecular weight is 500 g/mol. The molecular weight excluding hydrogens is 474 g/mol. The number of carbonyl (C=O) groups is 2. The van der Waals surface area contributed by atoms with Crippen molar-refractivity contribution in [1.29, 1.82) is 0 Å². The lowest BCUT2D eigenvalue weighted by molar-refractivity contribution is -0.116. The monoisotopic (exact) mass is 499 g/mol. The number of para-hydroxylation sites is 1. The molecule has 0 spiro atoms. The maximum absolute atomic E-state index is 13.1. The molecule has 3 aromatic rings. The van der Waals surface area contributed by atoms with Crippen LogP contribution < -0.4 is 14.9 Å². The average Bonchev–Trinajstić information content (AvgIpc) is 2.80. The van der Waals surface area contributed by atoms with Crippen molar-refractivity contribution in [2.45, 2.75) is 25.9 Å². The van der Waals surface area contributed by atoms with Crippen LogP contribution in [0, 0.1) is 0 Å². The summed E-state index contributed by atoms with van der Waals surface area (Å²) in [7, 11) is -3.79. The summed E-state index contributed by atoms with van der Waals surface area (Å²) in [5.41, 5.74) is 1.79. The summed E-state index contributed by atoms with van der Waals surface area (Å²) >= 11 is 5.92. The number of halogens is 1. The van der Waals surface area contributed by atoms with Crippen LogP contribution in [0.25, 0.3) is 0 Å². The highest BCUT2D eigenvalue weighted by atomic mass is 35.5. The second-order valence-corrected chi connectivity index (χ2v) is 10.1. The number of nitrogens with one attached hydrogen (secondary N) is 2. The third-order valence-corrected chi connectivity index (χ3v) is 6.74. The lowest BCUT2D eigenvalue weighted by atomic mass is 10.1. The second kappa shape index (κ2) is 10.7. The van der Waals surface area contributed by atoms with Crippen molar-refractivity contribution < 1.29 is 18.0 Å². The van der Waals surface area contributed by atoms with Crippen molar-refractivity contribution in [3.05, 3.63) is 95.0 Å². The van der Waals surface area contributed by atoms with Gasteiger partial charge in [0.15, 0.2) is 0 Å². The highest BCUT2D eigenvalue weighted by molar-refractivity contribution is 7.92. The van der Waals surface area contributed by atoms with Crippen molar-refractivity contribution in [3.63, 3.8) is 0 Å². The number of benzene rings is 3. The zero-order valence-corrected chi connectivity index (χ0v) is 20.6. The zero-order chi connectivity index (χ0) is 24.9. The topological polar surface area (TPSA) is 95.6 Å². The Balaban J connectivity index is 1.81. The van der Waals surface area contributed by atoms with Gasteiger partial charge >= 0.3 is 0 Å². The van der Waals surface area contributed by atoms with Gasteiger partial charge in [-0.1, -0.05) is 54.1 Å². The molecule has 2 amide bonds. The van der Waals surface area contributed by atoms with Crippen LogP contribution >= 0.6 is 11.6 Å². The molecule has 178 valence electrons. The number of hydrogen-bond donors (Lipinski definition) is 2. The van der Waals surface area contributed by atoms with Gasteiger partial charge < -0.3 is 10.6 Å². The summed E-state index contributed by atoms with van der Waals surface area (Å²) in [4.78, 5) is 26.1. The van der Waals surface area contributed by atoms with E-state index in [2.05, 4.69) is 10.6 Å². The van der Waals surface area contributed by atoms with Crippen LogP contribution in [-0.4, -0.2) is 32.5 Å². The predicted molar refractivity (Wildman–Crippen MR) is 136 cm³/mol. The molecule has 2 N–H and O–H groups in total. The number of anilines is 2. The normalized spacial score (nSPS) is 12.9. The first kappa shape index (κ1) is 25.3. The maximum Gasteiger partial charge on any atom is 0.253 e. The van der Waals surface area contributed by atoms with Gasteiger partial charge in [-0.25, -0.2) is 8.42 Å². The smallest absolute Gasteiger partial charge is 0.253 e. The molecule has 0 aliphatic carbocycles. The number of nitrogens with zero attached hydrogens (tertiary/aromatic N) is 1. The molecule has 0 radical (unpaired) electrons. The lowest BCUT2D eigenvalue weighted by Gasteiger charge is -2.28. The van der Waals surface area contributed by atoms with Crippen molar-refractivity contribution in [1.82, 2.24) is 5.32 Å². The van der Waals surface area contributed by atoms with E-state index in [9.17, 15) is 18.0 Å². The molecule has 0 bridgehead atoms. The lowest BCUT2D eigenvalue weighted by Crippen LogP contribution is -2.45. The van der Waals surface area contributed by atoms with Gasteiger partial charge in [0.1, 0.15) is 6.04 Å². The third kappa shape index (κ3) is 6.15. The Morgan fingerprint density at radius 2 is 1.47 bits per heavy atom. The van der Waals surface area contributed by atoms with E-state index in [1.807, 2.05) is 37.3 Å². The SMILES string of the molecule is CC(NC(=O)c1ccccc1NC(=O)C(C)N(c1ccc(Cl)cc1)S(C)(=O)=O)c1ccccc1. The van der Waals surface area contributed by atoms with Gasteiger partial charge in [-0.3, -0.25) is 13.9 Å². The van der Waals surface area contributed by atoms with Crippen molar-refractivity contribution in [3.8, 4) is 0 Å². The number of sulfonamides is 1. The van der Waals surface area contributed by atoms with Crippen LogP contribution in [0.4, 0.5) is 11.4 Å². The largest absolute Gasteiger partial charge is 0.345 e. The predicted octanol–water partition coefficient (Wildman–Crippen LogP) is 4.62. The van der Waals surface area contributed by atoms with Gasteiger partial charge in [0.2, 0.25) is 15.9 Å². The molecule has 2 unspecified atom stereocenters. The first-order valence-electron chi connectivity index (χ1n) is 10.6. The van der Waals surface area contributed by atoms with Crippen LogP contribution in [0.5, 0.6) is 0 Å². The molecule has 9 heteroatoms. The van der Waals surface area contributed by atoms with Gasteiger partial charge in [-0.15, -0.1) is 0 Å². The Bertz CT molecular complexity index is 1260. The molecule has 0 saturated heterocycles. The van der Waals surface area contributed by atoms with Gasteiger partial charge in [-0.05, 0) is 55.8 Å². The molecule has 0 saturated carbocycles. The van der Waals surface area contributed by atoms with E-state index in [-0.39, 0.29) is 23.2 Å². The minimum Gasteiger partial charge on any atom is -0.345 e. The molecule has 3 rings (SSSR count). The van der Waals surface area contributed by atoms with E-state index in [0.29, 0.717) is 10.7 Å². The summed E-state index contributed by atoms with van der Waals surface area (Å²) in [6.07, 6.45) is 1.03. The second-order valence-electron chi connectivity index (χ2n) is 7.85. The first-order valence-corrected chi connectivity index (χ1v) is 12.8. The van der Waals surface area contributed by atoms with Gasteiger partial charge in [0.05, 0.1) is 29.2 Å². The fourth-order valence-corrected chi connectivity index (χ4v) is 4.82. The van der Waals surface area contributed by atoms with E-state index in [4.69, 9.17) is 11.6 Å². The van der Waals surface area contributed by atoms with Crippen molar-refractivity contribution in [2.75, 3.05) is 15.9 Å². The first-order chi connectivity index (χ1) is 16.1. The van der Waals surface area contributed by atoms with Crippen LogP contribution in [0.2, 0.25) is 5.02 Å². The molecule has 0 heterocycles. The summed E-state index contributed by atoms with van der Waals surface area (Å²) < 4.78 is 26.0.